The van der Waals surface area contributed by atoms with Crippen LogP contribution in [0.4, 0.5) is 4.39 Å². The minimum absolute atomic E-state index is 0.153. The third-order valence-electron chi connectivity index (χ3n) is 6.29. The van der Waals surface area contributed by atoms with Crippen molar-refractivity contribution in [2.75, 3.05) is 0 Å². The normalized spacial score (nSPS) is 18.0. The van der Waals surface area contributed by atoms with Crippen LogP contribution in [-0.2, 0) is 10.8 Å². The van der Waals surface area contributed by atoms with Gasteiger partial charge in [0.05, 0.1) is 5.92 Å². The fourth-order valence-corrected chi connectivity index (χ4v) is 4.54. The lowest BCUT2D eigenvalue weighted by Crippen LogP contribution is -2.30. The number of halogens is 1. The number of hydrogen-bond donors (Lipinski definition) is 1. The van der Waals surface area contributed by atoms with Crippen LogP contribution in [-0.4, -0.2) is 17.0 Å². The Morgan fingerprint density at radius 3 is 2.00 bits per heavy atom. The van der Waals surface area contributed by atoms with E-state index in [1.54, 1.807) is 18.2 Å². The smallest absolute Gasteiger partial charge is 0.204 e. The number of phenolic OH excluding ortho intramolecular Hbond substituents is 1. The summed E-state index contributed by atoms with van der Waals surface area (Å²) in [5.74, 6) is -0.242. The summed E-state index contributed by atoms with van der Waals surface area (Å²) in [6, 6.07) is 17.3. The quantitative estimate of drug-likeness (QED) is 0.445. The standard InChI is InChI=1S/C29H31FO3/c1-28(2,3)21-14-18(15-22(26(21)32)29(4,5)6)24-20-16-19(30)12-13-23(20)33-27(24)25(31)17-10-8-7-9-11-17/h7-16,24,27,32H,1-6H3/t24-,27-/m0/s1. The molecule has 0 radical (unpaired) electrons. The summed E-state index contributed by atoms with van der Waals surface area (Å²) in [7, 11) is 0. The van der Waals surface area contributed by atoms with E-state index in [1.165, 1.54) is 12.1 Å². The summed E-state index contributed by atoms with van der Waals surface area (Å²) >= 11 is 0. The minimum atomic E-state index is -0.825. The number of rotatable bonds is 3. The molecule has 172 valence electrons. The SMILES string of the molecule is CC(C)(C)c1cc([C@H]2c3cc(F)ccc3O[C@@H]2C(=O)c2ccccc2)cc(C(C)(C)C)c1O. The molecule has 0 saturated carbocycles. The second kappa shape index (κ2) is 8.02. The minimum Gasteiger partial charge on any atom is -0.507 e. The summed E-state index contributed by atoms with van der Waals surface area (Å²) in [6.45, 7) is 12.3. The van der Waals surface area contributed by atoms with Crippen LogP contribution in [0.1, 0.15) is 80.1 Å². The van der Waals surface area contributed by atoms with Gasteiger partial charge in [-0.2, -0.15) is 0 Å². The lowest BCUT2D eigenvalue weighted by atomic mass is 9.75. The first-order valence-electron chi connectivity index (χ1n) is 11.3. The van der Waals surface area contributed by atoms with Crippen molar-refractivity contribution in [1.82, 2.24) is 0 Å². The van der Waals surface area contributed by atoms with E-state index in [1.807, 2.05) is 71.9 Å². The van der Waals surface area contributed by atoms with E-state index >= 15 is 0 Å². The highest BCUT2D eigenvalue weighted by molar-refractivity contribution is 6.01. The molecular weight excluding hydrogens is 415 g/mol. The number of aromatic hydroxyl groups is 1. The van der Waals surface area contributed by atoms with Crippen LogP contribution in [0.3, 0.4) is 0 Å². The van der Waals surface area contributed by atoms with E-state index < -0.39 is 12.0 Å². The zero-order valence-electron chi connectivity index (χ0n) is 20.1. The largest absolute Gasteiger partial charge is 0.507 e. The molecule has 1 N–H and O–H groups in total. The maximum absolute atomic E-state index is 14.3. The number of Topliss-reactive ketones (excluding diaryl/α,β-unsaturated/α-hetero) is 1. The fraction of sp³-hybridized carbons (Fsp3) is 0.345. The van der Waals surface area contributed by atoms with Crippen LogP contribution in [0, 0.1) is 5.82 Å². The maximum Gasteiger partial charge on any atom is 0.204 e. The Labute approximate surface area is 195 Å². The molecule has 4 heteroatoms. The average molecular weight is 447 g/mol. The Morgan fingerprint density at radius 1 is 0.879 bits per heavy atom. The van der Waals surface area contributed by atoms with Gasteiger partial charge >= 0.3 is 0 Å². The molecule has 1 aliphatic rings. The van der Waals surface area contributed by atoms with Gasteiger partial charge in [-0.3, -0.25) is 4.79 Å². The van der Waals surface area contributed by atoms with Gasteiger partial charge in [0.1, 0.15) is 17.3 Å². The molecule has 2 atom stereocenters. The van der Waals surface area contributed by atoms with E-state index in [4.69, 9.17) is 4.74 Å². The third-order valence-corrected chi connectivity index (χ3v) is 6.29. The molecule has 3 aromatic carbocycles. The third kappa shape index (κ3) is 4.27. The molecule has 1 heterocycles. The zero-order chi connectivity index (χ0) is 24.1. The summed E-state index contributed by atoms with van der Waals surface area (Å²) in [5.41, 5.74) is 2.95. The average Bonchev–Trinajstić information content (AvgIpc) is 3.11. The number of ether oxygens (including phenoxy) is 1. The van der Waals surface area contributed by atoms with Crippen molar-refractivity contribution >= 4 is 5.78 Å². The van der Waals surface area contributed by atoms with Gasteiger partial charge in [0.15, 0.2) is 6.10 Å². The Hall–Kier alpha value is -3.14. The van der Waals surface area contributed by atoms with Crippen molar-refractivity contribution in [2.24, 2.45) is 0 Å². The first-order chi connectivity index (χ1) is 15.4. The van der Waals surface area contributed by atoms with E-state index in [-0.39, 0.29) is 28.2 Å². The molecule has 3 aromatic rings. The lowest BCUT2D eigenvalue weighted by molar-refractivity contribution is 0.0806. The Bertz CT molecular complexity index is 1160. The van der Waals surface area contributed by atoms with E-state index in [0.717, 1.165) is 16.7 Å². The predicted octanol–water partition coefficient (Wildman–Crippen LogP) is 6.90. The van der Waals surface area contributed by atoms with Gasteiger partial charge in [0, 0.05) is 11.1 Å². The first kappa shape index (κ1) is 23.0. The molecule has 33 heavy (non-hydrogen) atoms. The van der Waals surface area contributed by atoms with Gasteiger partial charge in [-0.05, 0) is 45.7 Å². The molecule has 0 amide bonds. The predicted molar refractivity (Wildman–Crippen MR) is 129 cm³/mol. The number of hydrogen-bond acceptors (Lipinski definition) is 3. The second-order valence-electron chi connectivity index (χ2n) is 10.9. The molecular formula is C29H31FO3. The zero-order valence-corrected chi connectivity index (χ0v) is 20.1. The van der Waals surface area contributed by atoms with Crippen molar-refractivity contribution < 1.29 is 19.0 Å². The topological polar surface area (TPSA) is 46.5 Å². The van der Waals surface area contributed by atoms with Gasteiger partial charge in [-0.1, -0.05) is 84.0 Å². The number of benzene rings is 3. The van der Waals surface area contributed by atoms with Crippen LogP contribution in [0.5, 0.6) is 11.5 Å². The lowest BCUT2D eigenvalue weighted by Gasteiger charge is -2.30. The summed E-state index contributed by atoms with van der Waals surface area (Å²) in [4.78, 5) is 13.5. The van der Waals surface area contributed by atoms with Gasteiger partial charge < -0.3 is 9.84 Å². The Kier molecular flexibility index (Phi) is 5.60. The first-order valence-corrected chi connectivity index (χ1v) is 11.3. The Balaban J connectivity index is 1.95. The van der Waals surface area contributed by atoms with E-state index in [0.29, 0.717) is 16.9 Å². The highest BCUT2D eigenvalue weighted by Gasteiger charge is 2.42. The van der Waals surface area contributed by atoms with Crippen LogP contribution in [0.25, 0.3) is 0 Å². The molecule has 3 nitrogen and oxygen atoms in total. The van der Waals surface area contributed by atoms with E-state index in [2.05, 4.69) is 0 Å². The number of fused-ring (bicyclic) bond motifs is 1. The van der Waals surface area contributed by atoms with Crippen molar-refractivity contribution in [1.29, 1.82) is 0 Å². The number of ketones is 1. The number of carbonyl (C=O) groups is 1. The highest BCUT2D eigenvalue weighted by atomic mass is 19.1. The van der Waals surface area contributed by atoms with Crippen LogP contribution in [0.15, 0.2) is 60.7 Å². The van der Waals surface area contributed by atoms with Crippen molar-refractivity contribution in [3.63, 3.8) is 0 Å². The molecule has 0 bridgehead atoms. The fourth-order valence-electron chi connectivity index (χ4n) is 4.54. The van der Waals surface area contributed by atoms with Crippen LogP contribution >= 0.6 is 0 Å². The molecule has 0 fully saturated rings. The van der Waals surface area contributed by atoms with Crippen molar-refractivity contribution in [3.8, 4) is 11.5 Å². The Morgan fingerprint density at radius 2 is 1.45 bits per heavy atom. The summed E-state index contributed by atoms with van der Waals surface area (Å²) in [5, 5.41) is 11.2. The van der Waals surface area contributed by atoms with Gasteiger partial charge in [0.25, 0.3) is 0 Å². The molecule has 4 rings (SSSR count). The van der Waals surface area contributed by atoms with Gasteiger partial charge in [-0.25, -0.2) is 4.39 Å². The van der Waals surface area contributed by atoms with Gasteiger partial charge in [0.2, 0.25) is 5.78 Å². The summed E-state index contributed by atoms with van der Waals surface area (Å²) in [6.07, 6.45) is -0.825. The number of carbonyl (C=O) groups excluding carboxylic acids is 1. The molecule has 0 aromatic heterocycles. The van der Waals surface area contributed by atoms with Crippen molar-refractivity contribution in [3.05, 3.63) is 94.3 Å². The van der Waals surface area contributed by atoms with Crippen LogP contribution < -0.4 is 4.74 Å². The van der Waals surface area contributed by atoms with E-state index in [9.17, 15) is 14.3 Å². The molecule has 0 saturated heterocycles. The molecule has 0 aliphatic carbocycles. The van der Waals surface area contributed by atoms with Crippen LogP contribution in [0.2, 0.25) is 0 Å². The van der Waals surface area contributed by atoms with Gasteiger partial charge in [-0.15, -0.1) is 0 Å². The van der Waals surface area contributed by atoms with Crippen molar-refractivity contribution in [2.45, 2.75) is 64.4 Å². The molecule has 1 aliphatic heterocycles. The highest BCUT2D eigenvalue weighted by Crippen LogP contribution is 2.47. The monoisotopic (exact) mass is 446 g/mol. The number of phenols is 1. The molecule has 0 spiro atoms. The summed E-state index contributed by atoms with van der Waals surface area (Å²) < 4.78 is 20.5. The molecule has 0 unspecified atom stereocenters. The maximum atomic E-state index is 14.3. The second-order valence-corrected chi connectivity index (χ2v) is 10.9.